The fraction of sp³-hybridized carbons (Fsp3) is 0.462. The van der Waals surface area contributed by atoms with E-state index in [-0.39, 0.29) is 17.3 Å². The van der Waals surface area contributed by atoms with E-state index in [0.717, 1.165) is 27.4 Å². The summed E-state index contributed by atoms with van der Waals surface area (Å²) in [6.45, 7) is 4.12. The van der Waals surface area contributed by atoms with Crippen LogP contribution in [-0.4, -0.2) is 86.4 Å². The maximum absolute atomic E-state index is 13.0. The lowest BCUT2D eigenvalue weighted by Crippen LogP contribution is -2.56. The smallest absolute Gasteiger partial charge is 0.252 e. The fourth-order valence-corrected chi connectivity index (χ4v) is 6.18. The number of nitrogens with zero attached hydrogens (tertiary/aromatic N) is 1. The van der Waals surface area contributed by atoms with Crippen LogP contribution in [-0.2, 0) is 30.8 Å². The van der Waals surface area contributed by atoms with Gasteiger partial charge in [0.25, 0.3) is 15.9 Å². The molecule has 14 heteroatoms. The van der Waals surface area contributed by atoms with E-state index in [1.165, 1.54) is 13.0 Å². The molecular weight excluding hydrogens is 558 g/mol. The third-order valence-corrected chi connectivity index (χ3v) is 9.15. The summed E-state index contributed by atoms with van der Waals surface area (Å²) in [7, 11) is -3.91. The molecular formula is C26H35N5O7S2. The summed E-state index contributed by atoms with van der Waals surface area (Å²) in [4.78, 5) is 52.9. The number of thiophene rings is 1. The third kappa shape index (κ3) is 8.58. The molecule has 0 saturated carbocycles. The van der Waals surface area contributed by atoms with Gasteiger partial charge in [-0.25, -0.2) is 13.1 Å². The normalized spacial score (nSPS) is 20.6. The van der Waals surface area contributed by atoms with Gasteiger partial charge in [-0.3, -0.25) is 19.2 Å². The van der Waals surface area contributed by atoms with Gasteiger partial charge >= 0.3 is 0 Å². The number of aliphatic hydroxyl groups is 1. The number of aryl methyl sites for hydroxylation is 2. The minimum Gasteiger partial charge on any atom is -0.391 e. The Morgan fingerprint density at radius 2 is 1.98 bits per heavy atom. The van der Waals surface area contributed by atoms with Gasteiger partial charge in [0, 0.05) is 24.7 Å². The molecule has 2 heterocycles. The van der Waals surface area contributed by atoms with Gasteiger partial charge in [-0.2, -0.15) is 0 Å². The molecule has 1 aromatic heterocycles. The molecule has 0 fully saturated rings. The second kappa shape index (κ2) is 13.8. The fourth-order valence-electron chi connectivity index (χ4n) is 4.17. The van der Waals surface area contributed by atoms with Crippen LogP contribution >= 0.6 is 11.3 Å². The Morgan fingerprint density at radius 3 is 2.65 bits per heavy atom. The van der Waals surface area contributed by atoms with Gasteiger partial charge in [-0.1, -0.05) is 12.1 Å². The van der Waals surface area contributed by atoms with Gasteiger partial charge in [0.1, 0.15) is 10.3 Å². The van der Waals surface area contributed by atoms with Crippen LogP contribution in [0.4, 0.5) is 0 Å². The van der Waals surface area contributed by atoms with Crippen LogP contribution in [0.15, 0.2) is 39.9 Å². The summed E-state index contributed by atoms with van der Waals surface area (Å²) in [5, 5.41) is 19.8. The van der Waals surface area contributed by atoms with E-state index in [0.29, 0.717) is 24.9 Å². The maximum atomic E-state index is 13.0. The summed E-state index contributed by atoms with van der Waals surface area (Å²) in [5.74, 6) is -2.31. The van der Waals surface area contributed by atoms with Crippen LogP contribution in [0.5, 0.6) is 0 Å². The molecule has 5 N–H and O–H groups in total. The van der Waals surface area contributed by atoms with Crippen molar-refractivity contribution in [3.05, 3.63) is 52.4 Å². The zero-order chi connectivity index (χ0) is 29.4. The largest absolute Gasteiger partial charge is 0.391 e. The number of fused-ring (bicyclic) bond motifs is 2. The standard InChI is InChI=1S/C26H35N5O7S2/c1-16-8-9-20-12-19(16)6-4-10-27-21(33)15-31(22(34)13-28-40(37,38)23-7-5-11-39-23)14-17(2)29-26(36)24(18(3)32)30-25(20)35/h5,7-9,11-12,17-18,24,28,32H,4,6,10,13-15H2,1-3H3,(H,27,33)(H,29,36)(H,30,35)/t17-,18-,24+/m1/s1. The van der Waals surface area contributed by atoms with Crippen molar-refractivity contribution in [2.45, 2.75) is 56.0 Å². The number of hydrogen-bond donors (Lipinski definition) is 5. The summed E-state index contributed by atoms with van der Waals surface area (Å²) in [6, 6.07) is 6.16. The molecule has 1 aliphatic rings. The molecule has 4 amide bonds. The lowest BCUT2D eigenvalue weighted by Gasteiger charge is -2.28. The number of aliphatic hydroxyl groups excluding tert-OH is 1. The van der Waals surface area contributed by atoms with Gasteiger partial charge in [0.2, 0.25) is 17.7 Å². The molecule has 1 aromatic carbocycles. The van der Waals surface area contributed by atoms with Crippen molar-refractivity contribution in [1.82, 2.24) is 25.6 Å². The van der Waals surface area contributed by atoms with Gasteiger partial charge in [0.05, 0.1) is 19.2 Å². The first kappa shape index (κ1) is 31.2. The number of amides is 4. The predicted molar refractivity (Wildman–Crippen MR) is 149 cm³/mol. The molecule has 0 aliphatic carbocycles. The Kier molecular flexibility index (Phi) is 10.8. The highest BCUT2D eigenvalue weighted by Crippen LogP contribution is 2.16. The summed E-state index contributed by atoms with van der Waals surface area (Å²) in [5.41, 5.74) is 2.19. The number of carbonyl (C=O) groups excluding carboxylic acids is 4. The summed E-state index contributed by atoms with van der Waals surface area (Å²) >= 11 is 1.00. The van der Waals surface area contributed by atoms with Crippen molar-refractivity contribution in [3.63, 3.8) is 0 Å². The second-order valence-electron chi connectivity index (χ2n) is 9.73. The molecule has 2 aromatic rings. The minimum absolute atomic E-state index is 0.0502. The minimum atomic E-state index is -3.91. The zero-order valence-electron chi connectivity index (χ0n) is 22.6. The van der Waals surface area contributed by atoms with E-state index in [2.05, 4.69) is 20.7 Å². The van der Waals surface area contributed by atoms with Crippen LogP contribution in [0.2, 0.25) is 0 Å². The van der Waals surface area contributed by atoms with Crippen LogP contribution in [0.25, 0.3) is 0 Å². The number of rotatable bonds is 5. The van der Waals surface area contributed by atoms with Crippen LogP contribution in [0.3, 0.4) is 0 Å². The molecule has 0 unspecified atom stereocenters. The van der Waals surface area contributed by atoms with Gasteiger partial charge in [-0.15, -0.1) is 11.3 Å². The zero-order valence-corrected chi connectivity index (χ0v) is 24.2. The van der Waals surface area contributed by atoms with E-state index in [4.69, 9.17) is 0 Å². The van der Waals surface area contributed by atoms with Crippen molar-refractivity contribution < 1.29 is 32.7 Å². The molecule has 12 nitrogen and oxygen atoms in total. The number of sulfonamides is 1. The first-order chi connectivity index (χ1) is 18.9. The average molecular weight is 594 g/mol. The monoisotopic (exact) mass is 593 g/mol. The van der Waals surface area contributed by atoms with Crippen LogP contribution < -0.4 is 20.7 Å². The predicted octanol–water partition coefficient (Wildman–Crippen LogP) is -0.0901. The summed E-state index contributed by atoms with van der Waals surface area (Å²) in [6.07, 6.45) is -0.0882. The molecule has 3 rings (SSSR count). The molecule has 218 valence electrons. The number of nitrogens with one attached hydrogen (secondary N) is 4. The Morgan fingerprint density at radius 1 is 1.23 bits per heavy atom. The Labute approximate surface area is 237 Å². The topological polar surface area (TPSA) is 174 Å². The third-order valence-electron chi connectivity index (χ3n) is 6.35. The summed E-state index contributed by atoms with van der Waals surface area (Å²) < 4.78 is 27.2. The average Bonchev–Trinajstić information content (AvgIpc) is 3.44. The van der Waals surface area contributed by atoms with E-state index < -0.39 is 58.4 Å². The second-order valence-corrected chi connectivity index (χ2v) is 12.7. The molecule has 2 bridgehead atoms. The first-order valence-corrected chi connectivity index (χ1v) is 15.2. The highest BCUT2D eigenvalue weighted by Gasteiger charge is 2.29. The van der Waals surface area contributed by atoms with Crippen molar-refractivity contribution in [2.24, 2.45) is 0 Å². The lowest BCUT2D eigenvalue weighted by molar-refractivity contribution is -0.136. The van der Waals surface area contributed by atoms with Crippen molar-refractivity contribution in [1.29, 1.82) is 0 Å². The lowest BCUT2D eigenvalue weighted by atomic mass is 10.00. The molecule has 40 heavy (non-hydrogen) atoms. The van der Waals surface area contributed by atoms with E-state index in [1.807, 2.05) is 6.92 Å². The Bertz CT molecular complexity index is 1330. The quantitative estimate of drug-likeness (QED) is 0.322. The maximum Gasteiger partial charge on any atom is 0.252 e. The Balaban J connectivity index is 1.80. The van der Waals surface area contributed by atoms with Gasteiger partial charge in [-0.05, 0) is 68.3 Å². The van der Waals surface area contributed by atoms with Gasteiger partial charge in [0.15, 0.2) is 0 Å². The molecule has 1 aliphatic heterocycles. The number of carbonyl (C=O) groups is 4. The molecule has 3 atom stereocenters. The van der Waals surface area contributed by atoms with E-state index in [9.17, 15) is 32.7 Å². The van der Waals surface area contributed by atoms with E-state index >= 15 is 0 Å². The molecule has 0 spiro atoms. The SMILES string of the molecule is Cc1ccc2cc1CCCNC(=O)CN(C(=O)CNS(=O)(=O)c1cccs1)C[C@@H](C)NC(=O)[C@H]([C@@H](C)O)NC2=O. The Hall–Kier alpha value is -3.33. The molecule has 0 radical (unpaired) electrons. The molecule has 0 saturated heterocycles. The number of hydrogen-bond acceptors (Lipinski definition) is 8. The number of benzene rings is 1. The van der Waals surface area contributed by atoms with Crippen molar-refractivity contribution in [3.8, 4) is 0 Å². The first-order valence-electron chi connectivity index (χ1n) is 12.8. The van der Waals surface area contributed by atoms with Crippen molar-refractivity contribution >= 4 is 45.0 Å². The highest BCUT2D eigenvalue weighted by atomic mass is 32.2. The van der Waals surface area contributed by atoms with Crippen LogP contribution in [0, 0.1) is 6.92 Å². The van der Waals surface area contributed by atoms with Crippen molar-refractivity contribution in [2.75, 3.05) is 26.2 Å². The van der Waals surface area contributed by atoms with E-state index in [1.54, 1.807) is 36.6 Å². The highest BCUT2D eigenvalue weighted by molar-refractivity contribution is 7.91. The van der Waals surface area contributed by atoms with Crippen LogP contribution in [0.1, 0.15) is 41.8 Å². The van der Waals surface area contributed by atoms with Gasteiger partial charge < -0.3 is 26.0 Å².